The van der Waals surface area contributed by atoms with Gasteiger partial charge in [-0.3, -0.25) is 4.79 Å². The number of rotatable bonds is 4. The Bertz CT molecular complexity index is 866. The van der Waals surface area contributed by atoms with E-state index in [0.717, 1.165) is 0 Å². The molecule has 1 saturated heterocycles. The summed E-state index contributed by atoms with van der Waals surface area (Å²) < 4.78 is 40.5. The zero-order valence-corrected chi connectivity index (χ0v) is 13.9. The molecule has 1 heterocycles. The Morgan fingerprint density at radius 1 is 1.12 bits per heavy atom. The molecule has 1 fully saturated rings. The molecule has 1 atom stereocenters. The van der Waals surface area contributed by atoms with Crippen molar-refractivity contribution in [2.24, 2.45) is 0 Å². The minimum atomic E-state index is -3.78. The number of halogens is 1. The van der Waals surface area contributed by atoms with Gasteiger partial charge >= 0.3 is 0 Å². The molecule has 3 rings (SSSR count). The fourth-order valence-electron chi connectivity index (χ4n) is 2.78. The van der Waals surface area contributed by atoms with E-state index in [0.29, 0.717) is 24.2 Å². The molecule has 1 aliphatic heterocycles. The molecule has 126 valence electrons. The van der Waals surface area contributed by atoms with Crippen LogP contribution in [0, 0.1) is 12.7 Å². The smallest absolute Gasteiger partial charge is 0.245 e. The van der Waals surface area contributed by atoms with Crippen LogP contribution in [0.25, 0.3) is 0 Å². The largest absolute Gasteiger partial charge is 0.311 e. The lowest BCUT2D eigenvalue weighted by molar-refractivity contribution is -0.118. The summed E-state index contributed by atoms with van der Waals surface area (Å²) in [6, 6.07) is 11.3. The minimum Gasteiger partial charge on any atom is -0.311 e. The van der Waals surface area contributed by atoms with E-state index in [-0.39, 0.29) is 16.6 Å². The number of carbonyl (C=O) groups excluding carboxylic acids is 1. The summed E-state index contributed by atoms with van der Waals surface area (Å²) in [6.45, 7) is 2.08. The summed E-state index contributed by atoms with van der Waals surface area (Å²) in [5.41, 5.74) is 1.17. The van der Waals surface area contributed by atoms with E-state index in [1.54, 1.807) is 25.1 Å². The molecule has 5 nitrogen and oxygen atoms in total. The van der Waals surface area contributed by atoms with Crippen LogP contribution in [0.2, 0.25) is 0 Å². The Kier molecular flexibility index (Phi) is 4.38. The van der Waals surface area contributed by atoms with E-state index < -0.39 is 16.1 Å². The molecule has 0 unspecified atom stereocenters. The van der Waals surface area contributed by atoms with E-state index in [4.69, 9.17) is 0 Å². The summed E-state index contributed by atoms with van der Waals surface area (Å²) in [5.74, 6) is -0.721. The number of benzene rings is 2. The van der Waals surface area contributed by atoms with Gasteiger partial charge in [0.05, 0.1) is 4.90 Å². The number of aryl methyl sites for hydroxylation is 1. The van der Waals surface area contributed by atoms with Gasteiger partial charge in [-0.1, -0.05) is 18.2 Å². The van der Waals surface area contributed by atoms with Crippen molar-refractivity contribution in [2.45, 2.75) is 24.3 Å². The van der Waals surface area contributed by atoms with Crippen molar-refractivity contribution in [1.29, 1.82) is 0 Å². The van der Waals surface area contributed by atoms with Gasteiger partial charge in [0.2, 0.25) is 15.9 Å². The van der Waals surface area contributed by atoms with E-state index in [9.17, 15) is 17.6 Å². The van der Waals surface area contributed by atoms with Crippen LogP contribution < -0.4 is 9.62 Å². The molecule has 0 bridgehead atoms. The van der Waals surface area contributed by atoms with Crippen molar-refractivity contribution >= 4 is 21.6 Å². The second kappa shape index (κ2) is 6.33. The second-order valence-corrected chi connectivity index (χ2v) is 7.38. The lowest BCUT2D eigenvalue weighted by Crippen LogP contribution is -2.41. The van der Waals surface area contributed by atoms with Crippen molar-refractivity contribution in [2.75, 3.05) is 11.4 Å². The Morgan fingerprint density at radius 2 is 1.79 bits per heavy atom. The van der Waals surface area contributed by atoms with E-state index in [1.807, 2.05) is 0 Å². The quantitative estimate of drug-likeness (QED) is 0.921. The van der Waals surface area contributed by atoms with Crippen molar-refractivity contribution in [3.05, 3.63) is 59.9 Å². The van der Waals surface area contributed by atoms with Gasteiger partial charge in [-0.05, 0) is 49.2 Å². The van der Waals surface area contributed by atoms with Gasteiger partial charge < -0.3 is 4.90 Å². The average Bonchev–Trinajstić information content (AvgIpc) is 2.89. The van der Waals surface area contributed by atoms with Crippen molar-refractivity contribution < 1.29 is 17.6 Å². The lowest BCUT2D eigenvalue weighted by atomic mass is 10.2. The second-order valence-electron chi connectivity index (χ2n) is 5.69. The number of hydrogen-bond acceptors (Lipinski definition) is 3. The molecule has 1 N–H and O–H groups in total. The van der Waals surface area contributed by atoms with Gasteiger partial charge in [0.25, 0.3) is 0 Å². The summed E-state index contributed by atoms with van der Waals surface area (Å²) in [7, 11) is -3.78. The first-order chi connectivity index (χ1) is 11.4. The molecule has 0 saturated carbocycles. The summed E-state index contributed by atoms with van der Waals surface area (Å²) in [4.78, 5) is 14.1. The number of amides is 1. The van der Waals surface area contributed by atoms with Gasteiger partial charge in [-0.25, -0.2) is 12.8 Å². The molecule has 1 aliphatic rings. The van der Waals surface area contributed by atoms with Crippen LogP contribution in [-0.2, 0) is 14.8 Å². The maximum atomic E-state index is 13.0. The number of nitrogens with zero attached hydrogens (tertiary/aromatic N) is 1. The third-order valence-electron chi connectivity index (χ3n) is 4.02. The Labute approximate surface area is 140 Å². The van der Waals surface area contributed by atoms with Crippen LogP contribution in [0.15, 0.2) is 53.4 Å². The first kappa shape index (κ1) is 16.6. The highest BCUT2D eigenvalue weighted by atomic mass is 32.2. The molecule has 7 heteroatoms. The van der Waals surface area contributed by atoms with E-state index in [2.05, 4.69) is 4.72 Å². The highest BCUT2D eigenvalue weighted by Crippen LogP contribution is 2.23. The molecule has 2 aromatic carbocycles. The molecule has 0 spiro atoms. The van der Waals surface area contributed by atoms with Crippen LogP contribution >= 0.6 is 0 Å². The van der Waals surface area contributed by atoms with Gasteiger partial charge in [0, 0.05) is 12.2 Å². The van der Waals surface area contributed by atoms with Crippen molar-refractivity contribution in [3.8, 4) is 0 Å². The zero-order valence-electron chi connectivity index (χ0n) is 13.1. The monoisotopic (exact) mass is 348 g/mol. The number of sulfonamides is 1. The first-order valence-electron chi connectivity index (χ1n) is 7.53. The standard InChI is InChI=1S/C17H17FN2O3S/c1-12-4-2-3-5-16(12)24(22,23)19-15-10-11-20(17(15)21)14-8-6-13(18)7-9-14/h2-9,15,19H,10-11H2,1H3/t15-/m0/s1. The third-order valence-corrected chi connectivity index (χ3v) is 5.66. The van der Waals surface area contributed by atoms with Crippen LogP contribution in [0.5, 0.6) is 0 Å². The molecular weight excluding hydrogens is 331 g/mol. The molecule has 0 aliphatic carbocycles. The van der Waals surface area contributed by atoms with Crippen LogP contribution in [0.1, 0.15) is 12.0 Å². The fourth-order valence-corrected chi connectivity index (χ4v) is 4.25. The van der Waals surface area contributed by atoms with Gasteiger partial charge in [0.15, 0.2) is 0 Å². The number of carbonyl (C=O) groups is 1. The van der Waals surface area contributed by atoms with Crippen LogP contribution in [0.3, 0.4) is 0 Å². The zero-order chi connectivity index (χ0) is 17.3. The number of anilines is 1. The highest BCUT2D eigenvalue weighted by molar-refractivity contribution is 7.89. The average molecular weight is 348 g/mol. The van der Waals surface area contributed by atoms with Crippen LogP contribution in [0.4, 0.5) is 10.1 Å². The molecule has 1 amide bonds. The maximum absolute atomic E-state index is 13.0. The topological polar surface area (TPSA) is 66.5 Å². The van der Waals surface area contributed by atoms with Gasteiger partial charge in [0.1, 0.15) is 11.9 Å². The first-order valence-corrected chi connectivity index (χ1v) is 9.02. The highest BCUT2D eigenvalue weighted by Gasteiger charge is 2.35. The predicted octanol–water partition coefficient (Wildman–Crippen LogP) is 2.22. The van der Waals surface area contributed by atoms with Crippen LogP contribution in [-0.4, -0.2) is 26.9 Å². The summed E-state index contributed by atoms with van der Waals surface area (Å²) in [6.07, 6.45) is 0.362. The summed E-state index contributed by atoms with van der Waals surface area (Å²) >= 11 is 0. The lowest BCUT2D eigenvalue weighted by Gasteiger charge is -2.17. The summed E-state index contributed by atoms with van der Waals surface area (Å²) in [5, 5.41) is 0. The molecule has 0 radical (unpaired) electrons. The predicted molar refractivity (Wildman–Crippen MR) is 88.7 cm³/mol. The normalized spacial score (nSPS) is 18.2. The third kappa shape index (κ3) is 3.18. The fraction of sp³-hybridized carbons (Fsp3) is 0.235. The number of hydrogen-bond donors (Lipinski definition) is 1. The molecule has 2 aromatic rings. The van der Waals surface area contributed by atoms with E-state index in [1.165, 1.54) is 35.2 Å². The Balaban J connectivity index is 1.79. The SMILES string of the molecule is Cc1ccccc1S(=O)(=O)N[C@H]1CCN(c2ccc(F)cc2)C1=O. The Morgan fingerprint density at radius 3 is 2.46 bits per heavy atom. The molecule has 0 aromatic heterocycles. The van der Waals surface area contributed by atoms with Crippen molar-refractivity contribution in [1.82, 2.24) is 4.72 Å². The number of nitrogens with one attached hydrogen (secondary N) is 1. The molecular formula is C17H17FN2O3S. The van der Waals surface area contributed by atoms with Crippen molar-refractivity contribution in [3.63, 3.8) is 0 Å². The van der Waals surface area contributed by atoms with E-state index >= 15 is 0 Å². The Hall–Kier alpha value is -2.25. The van der Waals surface area contributed by atoms with Gasteiger partial charge in [-0.15, -0.1) is 0 Å². The molecule has 24 heavy (non-hydrogen) atoms. The maximum Gasteiger partial charge on any atom is 0.245 e. The van der Waals surface area contributed by atoms with Gasteiger partial charge in [-0.2, -0.15) is 4.72 Å². The minimum absolute atomic E-state index is 0.165.